The fourth-order valence-corrected chi connectivity index (χ4v) is 2.08. The molecule has 118 valence electrons. The van der Waals surface area contributed by atoms with E-state index in [1.807, 2.05) is 0 Å². The molecule has 2 N–H and O–H groups in total. The van der Waals surface area contributed by atoms with Crippen LogP contribution in [0.3, 0.4) is 0 Å². The molecule has 1 aliphatic rings. The maximum Gasteiger partial charge on any atom is 0.412 e. The molecule has 7 nitrogen and oxygen atoms in total. The lowest BCUT2D eigenvalue weighted by molar-refractivity contribution is -0.134. The van der Waals surface area contributed by atoms with Gasteiger partial charge in [0, 0.05) is 6.42 Å². The Morgan fingerprint density at radius 3 is 2.64 bits per heavy atom. The van der Waals surface area contributed by atoms with Crippen LogP contribution in [0.5, 0.6) is 0 Å². The predicted octanol–water partition coefficient (Wildman–Crippen LogP) is 1.95. The zero-order chi connectivity index (χ0) is 16.3. The van der Waals surface area contributed by atoms with Crippen LogP contribution in [0, 0.1) is 0 Å². The first-order valence-corrected chi connectivity index (χ1v) is 7.04. The van der Waals surface area contributed by atoms with Crippen molar-refractivity contribution in [3.8, 4) is 0 Å². The van der Waals surface area contributed by atoms with Gasteiger partial charge in [-0.15, -0.1) is 0 Å². The zero-order valence-electron chi connectivity index (χ0n) is 12.8. The summed E-state index contributed by atoms with van der Waals surface area (Å²) in [6.07, 6.45) is 1.64. The van der Waals surface area contributed by atoms with Crippen LogP contribution in [0.2, 0.25) is 0 Å². The summed E-state index contributed by atoms with van der Waals surface area (Å²) in [7, 11) is 0. The Hall–Kier alpha value is -2.44. The normalized spacial score (nSPS) is 18.6. The van der Waals surface area contributed by atoms with E-state index in [4.69, 9.17) is 4.74 Å². The number of pyridine rings is 1. The Labute approximate surface area is 128 Å². The van der Waals surface area contributed by atoms with Crippen molar-refractivity contribution in [1.82, 2.24) is 10.3 Å². The summed E-state index contributed by atoms with van der Waals surface area (Å²) in [5.74, 6) is -1.03. The molecule has 0 aromatic carbocycles. The van der Waals surface area contributed by atoms with Gasteiger partial charge in [-0.2, -0.15) is 0 Å². The number of ether oxygens (including phenoxy) is 1. The van der Waals surface area contributed by atoms with Crippen LogP contribution in [0.4, 0.5) is 10.5 Å². The van der Waals surface area contributed by atoms with Crippen LogP contribution in [0.25, 0.3) is 0 Å². The van der Waals surface area contributed by atoms with Crippen molar-refractivity contribution >= 4 is 23.6 Å². The van der Waals surface area contributed by atoms with Gasteiger partial charge in [-0.25, -0.2) is 4.79 Å². The third kappa shape index (κ3) is 4.28. The van der Waals surface area contributed by atoms with Gasteiger partial charge in [0.2, 0.25) is 11.8 Å². The van der Waals surface area contributed by atoms with E-state index in [0.29, 0.717) is 24.2 Å². The van der Waals surface area contributed by atoms with Crippen LogP contribution in [0.15, 0.2) is 18.3 Å². The van der Waals surface area contributed by atoms with E-state index in [-0.39, 0.29) is 11.8 Å². The molecule has 1 fully saturated rings. The average molecular weight is 305 g/mol. The Morgan fingerprint density at radius 1 is 1.36 bits per heavy atom. The topological polar surface area (TPSA) is 97.4 Å². The number of piperidine rings is 1. The molecule has 1 atom stereocenters. The van der Waals surface area contributed by atoms with Gasteiger partial charge in [-0.05, 0) is 39.3 Å². The maximum absolute atomic E-state index is 11.8. The SMILES string of the molecule is CC(C)(C)OC(=O)Nc1ccc(C2CCC(=O)NC2=O)nc1. The van der Waals surface area contributed by atoms with Gasteiger partial charge in [-0.1, -0.05) is 0 Å². The highest BCUT2D eigenvalue weighted by atomic mass is 16.6. The molecule has 1 aliphatic heterocycles. The van der Waals surface area contributed by atoms with Crippen molar-refractivity contribution in [2.75, 3.05) is 5.32 Å². The van der Waals surface area contributed by atoms with Crippen LogP contribution in [0.1, 0.15) is 45.2 Å². The molecular formula is C15H19N3O4. The number of imide groups is 1. The molecule has 22 heavy (non-hydrogen) atoms. The molecule has 1 unspecified atom stereocenters. The predicted molar refractivity (Wildman–Crippen MR) is 79.2 cm³/mol. The van der Waals surface area contributed by atoms with Crippen LogP contribution < -0.4 is 10.6 Å². The summed E-state index contributed by atoms with van der Waals surface area (Å²) in [4.78, 5) is 38.7. The summed E-state index contributed by atoms with van der Waals surface area (Å²) < 4.78 is 5.14. The second-order valence-electron chi connectivity index (χ2n) is 6.10. The van der Waals surface area contributed by atoms with Gasteiger partial charge in [0.05, 0.1) is 23.5 Å². The van der Waals surface area contributed by atoms with E-state index in [1.165, 1.54) is 6.20 Å². The average Bonchev–Trinajstić information content (AvgIpc) is 2.38. The summed E-state index contributed by atoms with van der Waals surface area (Å²) in [6, 6.07) is 3.31. The second-order valence-corrected chi connectivity index (χ2v) is 6.10. The third-order valence-corrected chi connectivity index (χ3v) is 3.03. The maximum atomic E-state index is 11.8. The zero-order valence-corrected chi connectivity index (χ0v) is 12.8. The van der Waals surface area contributed by atoms with Gasteiger partial charge >= 0.3 is 6.09 Å². The quantitative estimate of drug-likeness (QED) is 0.814. The Balaban J connectivity index is 2.00. The van der Waals surface area contributed by atoms with Gasteiger partial charge in [0.1, 0.15) is 5.60 Å². The van der Waals surface area contributed by atoms with Crippen molar-refractivity contribution in [3.05, 3.63) is 24.0 Å². The highest BCUT2D eigenvalue weighted by Crippen LogP contribution is 2.24. The highest BCUT2D eigenvalue weighted by molar-refractivity contribution is 6.00. The second kappa shape index (κ2) is 6.13. The Morgan fingerprint density at radius 2 is 2.09 bits per heavy atom. The standard InChI is InChI=1S/C15H19N3O4/c1-15(2,3)22-14(21)17-9-4-6-11(16-8-9)10-5-7-12(19)18-13(10)20/h4,6,8,10H,5,7H2,1-3H3,(H,17,21)(H,18,19,20). The fraction of sp³-hybridized carbons (Fsp3) is 0.467. The Bertz CT molecular complexity index is 590. The monoisotopic (exact) mass is 305 g/mol. The number of hydrogen-bond acceptors (Lipinski definition) is 5. The van der Waals surface area contributed by atoms with Crippen LogP contribution >= 0.6 is 0 Å². The molecule has 0 bridgehead atoms. The highest BCUT2D eigenvalue weighted by Gasteiger charge is 2.28. The molecule has 7 heteroatoms. The number of nitrogens with zero attached hydrogens (tertiary/aromatic N) is 1. The van der Waals surface area contributed by atoms with Crippen LogP contribution in [-0.4, -0.2) is 28.5 Å². The van der Waals surface area contributed by atoms with E-state index in [1.54, 1.807) is 32.9 Å². The molecule has 1 aromatic rings. The first-order valence-electron chi connectivity index (χ1n) is 7.04. The molecule has 0 aliphatic carbocycles. The lowest BCUT2D eigenvalue weighted by Gasteiger charge is -2.21. The van der Waals surface area contributed by atoms with E-state index in [0.717, 1.165) is 0 Å². The minimum absolute atomic E-state index is 0.260. The van der Waals surface area contributed by atoms with Crippen molar-refractivity contribution in [2.45, 2.75) is 45.1 Å². The lowest BCUT2D eigenvalue weighted by Crippen LogP contribution is -2.39. The van der Waals surface area contributed by atoms with Crippen LogP contribution in [-0.2, 0) is 14.3 Å². The minimum atomic E-state index is -0.579. The minimum Gasteiger partial charge on any atom is -0.444 e. The fourth-order valence-electron chi connectivity index (χ4n) is 2.08. The lowest BCUT2D eigenvalue weighted by atomic mass is 9.94. The van der Waals surface area contributed by atoms with Gasteiger partial charge < -0.3 is 4.74 Å². The summed E-state index contributed by atoms with van der Waals surface area (Å²) in [5.41, 5.74) is 0.467. The first kappa shape index (κ1) is 15.9. The molecule has 2 heterocycles. The molecular weight excluding hydrogens is 286 g/mol. The van der Waals surface area contributed by atoms with Gasteiger partial charge in [-0.3, -0.25) is 25.2 Å². The van der Waals surface area contributed by atoms with Crippen molar-refractivity contribution in [2.24, 2.45) is 0 Å². The first-order chi connectivity index (χ1) is 10.2. The summed E-state index contributed by atoms with van der Waals surface area (Å²) in [5, 5.41) is 4.86. The molecule has 2 rings (SSSR count). The Kier molecular flexibility index (Phi) is 4.44. The van der Waals surface area contributed by atoms with Gasteiger partial charge in [0.15, 0.2) is 0 Å². The summed E-state index contributed by atoms with van der Waals surface area (Å²) >= 11 is 0. The number of carbonyl (C=O) groups is 3. The molecule has 0 spiro atoms. The number of nitrogens with one attached hydrogen (secondary N) is 2. The van der Waals surface area contributed by atoms with E-state index < -0.39 is 17.6 Å². The molecule has 1 saturated heterocycles. The van der Waals surface area contributed by atoms with E-state index >= 15 is 0 Å². The molecule has 3 amide bonds. The molecule has 0 radical (unpaired) electrons. The van der Waals surface area contributed by atoms with Crippen molar-refractivity contribution in [1.29, 1.82) is 0 Å². The summed E-state index contributed by atoms with van der Waals surface area (Å²) in [6.45, 7) is 5.32. The number of aromatic nitrogens is 1. The van der Waals surface area contributed by atoms with Gasteiger partial charge in [0.25, 0.3) is 0 Å². The number of rotatable bonds is 2. The third-order valence-electron chi connectivity index (χ3n) is 3.03. The smallest absolute Gasteiger partial charge is 0.412 e. The van der Waals surface area contributed by atoms with Crippen molar-refractivity contribution < 1.29 is 19.1 Å². The largest absolute Gasteiger partial charge is 0.444 e. The van der Waals surface area contributed by atoms with E-state index in [9.17, 15) is 14.4 Å². The van der Waals surface area contributed by atoms with E-state index in [2.05, 4.69) is 15.6 Å². The van der Waals surface area contributed by atoms with Crippen molar-refractivity contribution in [3.63, 3.8) is 0 Å². The number of carbonyl (C=O) groups excluding carboxylic acids is 3. The molecule has 0 saturated carbocycles. The number of amides is 3. The number of hydrogen-bond donors (Lipinski definition) is 2. The molecule has 1 aromatic heterocycles. The number of anilines is 1.